The molecule has 262 valence electrons. The first-order chi connectivity index (χ1) is 21.4. The van der Waals surface area contributed by atoms with Gasteiger partial charge in [0.05, 0.1) is 18.1 Å². The summed E-state index contributed by atoms with van der Waals surface area (Å²) in [6, 6.07) is 0. The molecule has 15 unspecified atom stereocenters. The van der Waals surface area contributed by atoms with Gasteiger partial charge in [0, 0.05) is 0 Å². The molecule has 5 saturated carbocycles. The van der Waals surface area contributed by atoms with Crippen LogP contribution in [0, 0.1) is 56.7 Å². The van der Waals surface area contributed by atoms with Crippen LogP contribution in [0.15, 0.2) is 12.2 Å². The summed E-state index contributed by atoms with van der Waals surface area (Å²) in [6.45, 7) is 17.8. The number of hydrogen-bond donors (Lipinski definition) is 6. The Kier molecular flexibility index (Phi) is 8.49. The Morgan fingerprint density at radius 3 is 2.20 bits per heavy atom. The minimum atomic E-state index is -2.56. The van der Waals surface area contributed by atoms with Crippen molar-refractivity contribution >= 4 is 5.97 Å². The second-order valence-corrected chi connectivity index (χ2v) is 17.7. The minimum absolute atomic E-state index is 0.00817. The third-order valence-corrected chi connectivity index (χ3v) is 16.0. The van der Waals surface area contributed by atoms with Crippen LogP contribution in [-0.4, -0.2) is 79.7 Å². The lowest BCUT2D eigenvalue weighted by Gasteiger charge is -2.73. The van der Waals surface area contributed by atoms with E-state index in [9.17, 15) is 35.4 Å². The highest BCUT2D eigenvalue weighted by atomic mass is 16.8. The molecule has 0 aromatic heterocycles. The number of aliphatic carboxylic acids is 1. The Bertz CT molecular complexity index is 1220. The summed E-state index contributed by atoms with van der Waals surface area (Å²) in [4.78, 5) is 13.0. The fourth-order valence-electron chi connectivity index (χ4n) is 13.3. The lowest BCUT2D eigenvalue weighted by atomic mass is 9.32. The van der Waals surface area contributed by atoms with Crippen LogP contribution in [0.4, 0.5) is 0 Å². The van der Waals surface area contributed by atoms with Crippen LogP contribution >= 0.6 is 0 Å². The van der Waals surface area contributed by atoms with Crippen LogP contribution < -0.4 is 0 Å². The van der Waals surface area contributed by atoms with E-state index in [2.05, 4.69) is 48.1 Å². The highest BCUT2D eigenvalue weighted by molar-refractivity contribution is 5.76. The van der Waals surface area contributed by atoms with Gasteiger partial charge < -0.3 is 40.1 Å². The van der Waals surface area contributed by atoms with Gasteiger partial charge in [-0.15, -0.1) is 0 Å². The van der Waals surface area contributed by atoms with Gasteiger partial charge in [-0.2, -0.15) is 0 Å². The molecule has 6 fully saturated rings. The van der Waals surface area contributed by atoms with Crippen LogP contribution in [-0.2, 0) is 14.3 Å². The van der Waals surface area contributed by atoms with Gasteiger partial charge >= 0.3 is 11.9 Å². The van der Waals surface area contributed by atoms with Gasteiger partial charge in [-0.25, -0.2) is 0 Å². The van der Waals surface area contributed by atoms with E-state index in [1.54, 1.807) is 0 Å². The average Bonchev–Trinajstić information content (AvgIpc) is 3.41. The zero-order valence-corrected chi connectivity index (χ0v) is 28.9. The summed E-state index contributed by atoms with van der Waals surface area (Å²) < 4.78 is 11.7. The van der Waals surface area contributed by atoms with Crippen LogP contribution in [0.1, 0.15) is 112 Å². The van der Waals surface area contributed by atoms with E-state index < -0.39 is 59.9 Å². The van der Waals surface area contributed by atoms with Gasteiger partial charge in [0.1, 0.15) is 18.3 Å². The number of ether oxygens (including phenoxy) is 2. The largest absolute Gasteiger partial charge is 0.481 e. The van der Waals surface area contributed by atoms with E-state index in [-0.39, 0.29) is 34.0 Å². The maximum Gasteiger partial charge on any atom is 0.311 e. The van der Waals surface area contributed by atoms with Crippen molar-refractivity contribution in [3.8, 4) is 0 Å². The summed E-state index contributed by atoms with van der Waals surface area (Å²) in [6.07, 6.45) is 2.91. The van der Waals surface area contributed by atoms with Gasteiger partial charge in [-0.1, -0.05) is 53.7 Å². The average molecular weight is 649 g/mol. The molecule has 0 spiro atoms. The first kappa shape index (κ1) is 34.8. The molecule has 5 aliphatic carbocycles. The van der Waals surface area contributed by atoms with Crippen molar-refractivity contribution in [1.82, 2.24) is 0 Å². The quantitative estimate of drug-likeness (QED) is 0.137. The first-order valence-corrected chi connectivity index (χ1v) is 18.0. The zero-order chi connectivity index (χ0) is 33.8. The normalized spacial score (nSPS) is 54.6. The van der Waals surface area contributed by atoms with Crippen molar-refractivity contribution in [3.63, 3.8) is 0 Å². The summed E-state index contributed by atoms with van der Waals surface area (Å²) in [5.74, 6) is -1.70. The Balaban J connectivity index is 1.29. The number of aliphatic hydroxyl groups is 5. The molecular formula is C37H60O9. The smallest absolute Gasteiger partial charge is 0.311 e. The van der Waals surface area contributed by atoms with E-state index in [1.807, 2.05) is 0 Å². The van der Waals surface area contributed by atoms with E-state index in [0.29, 0.717) is 18.3 Å². The lowest BCUT2D eigenvalue weighted by Crippen LogP contribution is -2.69. The second kappa shape index (κ2) is 11.2. The van der Waals surface area contributed by atoms with Gasteiger partial charge in [-0.3, -0.25) is 4.79 Å². The van der Waals surface area contributed by atoms with E-state index >= 15 is 0 Å². The van der Waals surface area contributed by atoms with Crippen molar-refractivity contribution < 1.29 is 44.9 Å². The van der Waals surface area contributed by atoms with Crippen molar-refractivity contribution in [2.75, 3.05) is 6.61 Å². The molecule has 46 heavy (non-hydrogen) atoms. The molecule has 0 amide bonds. The van der Waals surface area contributed by atoms with Gasteiger partial charge in [0.25, 0.3) is 0 Å². The summed E-state index contributed by atoms with van der Waals surface area (Å²) in [5, 5.41) is 63.2. The SMILES string of the molecule is C=C(CC)C1CCC2(C(=O)O)CCC3(C)C(CCC4C5(C)CCC(OC6(O)OC(CO)C(O)C(O)C6O)C(C)(C)C5CCC43C)C12. The van der Waals surface area contributed by atoms with Crippen LogP contribution in [0.3, 0.4) is 0 Å². The topological polar surface area (TPSA) is 157 Å². The van der Waals surface area contributed by atoms with Gasteiger partial charge in [0.15, 0.2) is 6.10 Å². The fraction of sp³-hybridized carbons (Fsp3) is 0.919. The number of allylic oxidation sites excluding steroid dienone is 1. The van der Waals surface area contributed by atoms with Crippen molar-refractivity contribution in [1.29, 1.82) is 0 Å². The predicted octanol–water partition coefficient (Wildman–Crippen LogP) is 4.62. The van der Waals surface area contributed by atoms with E-state index in [0.717, 1.165) is 64.2 Å². The first-order valence-electron chi connectivity index (χ1n) is 18.0. The van der Waals surface area contributed by atoms with Crippen LogP contribution in [0.5, 0.6) is 0 Å². The molecule has 0 aromatic rings. The lowest BCUT2D eigenvalue weighted by molar-refractivity contribution is -0.467. The van der Waals surface area contributed by atoms with Crippen molar-refractivity contribution in [2.45, 2.75) is 149 Å². The van der Waals surface area contributed by atoms with Crippen molar-refractivity contribution in [2.24, 2.45) is 56.7 Å². The Morgan fingerprint density at radius 1 is 0.870 bits per heavy atom. The standard InChI is InChI=1S/C37H60O9/c1-8-20(2)21-11-16-36(31(42)43)18-17-34(6)22(27(21)36)9-10-25-33(5)14-13-26(32(3,4)24(33)12-15-35(25,34)7)46-37(44)30(41)29(40)28(39)23(19-38)45-37/h21-30,38-41,44H,2,8-19H2,1,3-7H3,(H,42,43). The van der Waals surface area contributed by atoms with Gasteiger partial charge in [0.2, 0.25) is 0 Å². The third kappa shape index (κ3) is 4.47. The third-order valence-electron chi connectivity index (χ3n) is 16.0. The zero-order valence-electron chi connectivity index (χ0n) is 28.9. The molecule has 0 bridgehead atoms. The number of carbonyl (C=O) groups is 1. The molecule has 9 heteroatoms. The molecule has 15 atom stereocenters. The number of hydrogen-bond acceptors (Lipinski definition) is 8. The minimum Gasteiger partial charge on any atom is -0.481 e. The maximum absolute atomic E-state index is 13.0. The summed E-state index contributed by atoms with van der Waals surface area (Å²) >= 11 is 0. The molecule has 1 aliphatic heterocycles. The summed E-state index contributed by atoms with van der Waals surface area (Å²) in [5.41, 5.74) is 0.229. The Labute approximate surface area is 274 Å². The molecule has 1 saturated heterocycles. The molecule has 0 radical (unpaired) electrons. The molecule has 9 nitrogen and oxygen atoms in total. The number of rotatable bonds is 6. The Morgan fingerprint density at radius 2 is 1.57 bits per heavy atom. The molecule has 0 aromatic carbocycles. The highest BCUT2D eigenvalue weighted by Crippen LogP contribution is 2.77. The number of carboxylic acid groups (broad SMARTS) is 1. The van der Waals surface area contributed by atoms with Crippen LogP contribution in [0.2, 0.25) is 0 Å². The monoisotopic (exact) mass is 648 g/mol. The van der Waals surface area contributed by atoms with E-state index in [1.165, 1.54) is 5.57 Å². The fourth-order valence-corrected chi connectivity index (χ4v) is 13.3. The van der Waals surface area contributed by atoms with Crippen LogP contribution in [0.25, 0.3) is 0 Å². The number of carboxylic acids is 1. The number of fused-ring (bicyclic) bond motifs is 7. The maximum atomic E-state index is 13.0. The second-order valence-electron chi connectivity index (χ2n) is 17.7. The molecular weight excluding hydrogens is 588 g/mol. The molecule has 1 heterocycles. The van der Waals surface area contributed by atoms with Crippen molar-refractivity contribution in [3.05, 3.63) is 12.2 Å². The number of aliphatic hydroxyl groups excluding tert-OH is 4. The van der Waals surface area contributed by atoms with E-state index in [4.69, 9.17) is 9.47 Å². The molecule has 6 N–H and O–H groups in total. The highest BCUT2D eigenvalue weighted by Gasteiger charge is 2.72. The van der Waals surface area contributed by atoms with Gasteiger partial charge in [-0.05, 0) is 122 Å². The summed E-state index contributed by atoms with van der Waals surface area (Å²) in [7, 11) is 0. The predicted molar refractivity (Wildman–Crippen MR) is 171 cm³/mol. The molecule has 6 rings (SSSR count). The Hall–Kier alpha value is -1.07. The molecule has 6 aliphatic rings.